The van der Waals surface area contributed by atoms with Crippen molar-refractivity contribution < 1.29 is 23.5 Å². The summed E-state index contributed by atoms with van der Waals surface area (Å²) in [5, 5.41) is 3.36. The molecule has 1 aliphatic rings. The van der Waals surface area contributed by atoms with Crippen LogP contribution in [-0.4, -0.2) is 46.8 Å². The number of fused-ring (bicyclic) bond motifs is 1. The van der Waals surface area contributed by atoms with Crippen molar-refractivity contribution in [1.29, 1.82) is 0 Å². The van der Waals surface area contributed by atoms with E-state index in [1.165, 1.54) is 12.1 Å². The third-order valence-electron chi connectivity index (χ3n) is 5.75. The van der Waals surface area contributed by atoms with Crippen LogP contribution in [0.2, 0.25) is 0 Å². The first-order chi connectivity index (χ1) is 16.9. The highest BCUT2D eigenvalue weighted by Crippen LogP contribution is 2.35. The highest BCUT2D eigenvalue weighted by Gasteiger charge is 2.35. The number of para-hydroxylation sites is 1. The molecule has 182 valence electrons. The van der Waals surface area contributed by atoms with Crippen LogP contribution < -0.4 is 5.32 Å². The molecule has 0 bridgehead atoms. The standard InChI is InChI=1S/C26H26FN3O4S/c1-3-18-5-4-6-21-19(15-29(24(18)21)16-23(31)28-11-12-34-2)13-22-25(32)30(26(33)35-22)14-17-7-9-20(27)10-8-17/h4-10,13,15H,3,11-12,14,16H2,1-2H3,(H,28,31)/b22-13-. The number of aryl methyl sites for hydroxylation is 1. The fourth-order valence-electron chi connectivity index (χ4n) is 4.04. The molecule has 1 N–H and O–H groups in total. The first-order valence-corrected chi connectivity index (χ1v) is 12.1. The van der Waals surface area contributed by atoms with Gasteiger partial charge in [-0.3, -0.25) is 19.3 Å². The van der Waals surface area contributed by atoms with Gasteiger partial charge in [-0.1, -0.05) is 37.3 Å². The van der Waals surface area contributed by atoms with E-state index in [-0.39, 0.29) is 30.1 Å². The summed E-state index contributed by atoms with van der Waals surface area (Å²) in [5.41, 5.74) is 3.43. The maximum atomic E-state index is 13.2. The summed E-state index contributed by atoms with van der Waals surface area (Å²) >= 11 is 0.876. The van der Waals surface area contributed by atoms with Crippen molar-refractivity contribution in [1.82, 2.24) is 14.8 Å². The molecule has 0 atom stereocenters. The van der Waals surface area contributed by atoms with Gasteiger partial charge in [-0.25, -0.2) is 4.39 Å². The fourth-order valence-corrected chi connectivity index (χ4v) is 4.87. The van der Waals surface area contributed by atoms with Crippen LogP contribution in [0.3, 0.4) is 0 Å². The van der Waals surface area contributed by atoms with E-state index in [9.17, 15) is 18.8 Å². The Kier molecular flexibility index (Phi) is 7.67. The molecule has 2 aromatic carbocycles. The van der Waals surface area contributed by atoms with Crippen LogP contribution in [0.1, 0.15) is 23.6 Å². The molecule has 0 spiro atoms. The zero-order valence-corrected chi connectivity index (χ0v) is 20.4. The summed E-state index contributed by atoms with van der Waals surface area (Å²) < 4.78 is 20.1. The summed E-state index contributed by atoms with van der Waals surface area (Å²) in [6, 6.07) is 11.6. The normalized spacial score (nSPS) is 14.9. The molecule has 1 aromatic heterocycles. The third kappa shape index (κ3) is 5.47. The lowest BCUT2D eigenvalue weighted by Crippen LogP contribution is -2.30. The molecular weight excluding hydrogens is 469 g/mol. The SMILES string of the molecule is CCc1cccc2c(/C=C3\SC(=O)N(Cc4ccc(F)cc4)C3=O)cn(CC(=O)NCCOC)c12. The Balaban J connectivity index is 1.63. The number of nitrogens with zero attached hydrogens (tertiary/aromatic N) is 2. The van der Waals surface area contributed by atoms with Gasteiger partial charge in [0, 0.05) is 30.8 Å². The average Bonchev–Trinajstić information content (AvgIpc) is 3.32. The van der Waals surface area contributed by atoms with Gasteiger partial charge in [0.1, 0.15) is 12.4 Å². The number of rotatable bonds is 9. The lowest BCUT2D eigenvalue weighted by molar-refractivity contribution is -0.123. The molecule has 9 heteroatoms. The molecular formula is C26H26FN3O4S. The van der Waals surface area contributed by atoms with E-state index in [1.54, 1.807) is 25.3 Å². The number of imide groups is 1. The van der Waals surface area contributed by atoms with Crippen LogP contribution in [0.15, 0.2) is 53.6 Å². The van der Waals surface area contributed by atoms with Gasteiger partial charge < -0.3 is 14.6 Å². The third-order valence-corrected chi connectivity index (χ3v) is 6.66. The molecule has 3 aromatic rings. The predicted molar refractivity (Wildman–Crippen MR) is 134 cm³/mol. The molecule has 1 aliphatic heterocycles. The van der Waals surface area contributed by atoms with Crippen molar-refractivity contribution in [2.24, 2.45) is 0 Å². The van der Waals surface area contributed by atoms with Crippen molar-refractivity contribution >= 4 is 45.8 Å². The van der Waals surface area contributed by atoms with Crippen molar-refractivity contribution in [3.63, 3.8) is 0 Å². The quantitative estimate of drug-likeness (QED) is 0.353. The molecule has 3 amide bonds. The van der Waals surface area contributed by atoms with Crippen LogP contribution in [0.5, 0.6) is 0 Å². The Hall–Kier alpha value is -3.43. The number of benzene rings is 2. The van der Waals surface area contributed by atoms with E-state index in [0.29, 0.717) is 23.6 Å². The number of carbonyl (C=O) groups excluding carboxylic acids is 3. The minimum atomic E-state index is -0.394. The van der Waals surface area contributed by atoms with Crippen LogP contribution in [-0.2, 0) is 33.8 Å². The first-order valence-electron chi connectivity index (χ1n) is 11.3. The van der Waals surface area contributed by atoms with Gasteiger partial charge >= 0.3 is 0 Å². The van der Waals surface area contributed by atoms with E-state index in [1.807, 2.05) is 35.9 Å². The predicted octanol–water partition coefficient (Wildman–Crippen LogP) is 4.34. The maximum Gasteiger partial charge on any atom is 0.293 e. The van der Waals surface area contributed by atoms with Gasteiger partial charge in [-0.2, -0.15) is 0 Å². The Morgan fingerprint density at radius 3 is 2.66 bits per heavy atom. The van der Waals surface area contributed by atoms with Crippen LogP contribution in [0, 0.1) is 5.82 Å². The van der Waals surface area contributed by atoms with Crippen molar-refractivity contribution in [3.05, 3.63) is 76.1 Å². The minimum Gasteiger partial charge on any atom is -0.383 e. The molecule has 4 rings (SSSR count). The van der Waals surface area contributed by atoms with E-state index < -0.39 is 5.91 Å². The molecule has 35 heavy (non-hydrogen) atoms. The lowest BCUT2D eigenvalue weighted by Gasteiger charge is -2.12. The number of ether oxygens (including phenoxy) is 1. The summed E-state index contributed by atoms with van der Waals surface area (Å²) in [4.78, 5) is 39.6. The molecule has 7 nitrogen and oxygen atoms in total. The van der Waals surface area contributed by atoms with Crippen LogP contribution in [0.4, 0.5) is 9.18 Å². The van der Waals surface area contributed by atoms with Crippen molar-refractivity contribution in [2.45, 2.75) is 26.4 Å². The summed E-state index contributed by atoms with van der Waals surface area (Å²) in [7, 11) is 1.58. The zero-order chi connectivity index (χ0) is 24.9. The van der Waals surface area contributed by atoms with Crippen LogP contribution in [0.25, 0.3) is 17.0 Å². The molecule has 1 fully saturated rings. The van der Waals surface area contributed by atoms with Gasteiger partial charge in [-0.15, -0.1) is 0 Å². The molecule has 0 radical (unpaired) electrons. The average molecular weight is 496 g/mol. The Bertz CT molecular complexity index is 1300. The van der Waals surface area contributed by atoms with Crippen LogP contribution >= 0.6 is 11.8 Å². The Morgan fingerprint density at radius 1 is 1.17 bits per heavy atom. The summed E-state index contributed by atoms with van der Waals surface area (Å²) in [6.45, 7) is 3.09. The number of aromatic nitrogens is 1. The Labute approximate surface area is 206 Å². The summed E-state index contributed by atoms with van der Waals surface area (Å²) in [6.07, 6.45) is 4.32. The van der Waals surface area contributed by atoms with E-state index in [4.69, 9.17) is 4.74 Å². The highest BCUT2D eigenvalue weighted by molar-refractivity contribution is 8.18. The van der Waals surface area contributed by atoms with Gasteiger partial charge in [0.15, 0.2) is 0 Å². The number of hydrogen-bond donors (Lipinski definition) is 1. The monoisotopic (exact) mass is 495 g/mol. The number of amides is 3. The second kappa shape index (κ2) is 10.9. The van der Waals surface area contributed by atoms with Gasteiger partial charge in [-0.05, 0) is 47.5 Å². The molecule has 0 saturated carbocycles. The highest BCUT2D eigenvalue weighted by atomic mass is 32.2. The van der Waals surface area contributed by atoms with E-state index >= 15 is 0 Å². The van der Waals surface area contributed by atoms with Gasteiger partial charge in [0.05, 0.1) is 23.6 Å². The number of hydrogen-bond acceptors (Lipinski definition) is 5. The lowest BCUT2D eigenvalue weighted by atomic mass is 10.1. The number of nitrogens with one attached hydrogen (secondary N) is 1. The van der Waals surface area contributed by atoms with Gasteiger partial charge in [0.25, 0.3) is 11.1 Å². The Morgan fingerprint density at radius 2 is 1.94 bits per heavy atom. The van der Waals surface area contributed by atoms with Gasteiger partial charge in [0.2, 0.25) is 5.91 Å². The zero-order valence-electron chi connectivity index (χ0n) is 19.5. The molecule has 2 heterocycles. The number of methoxy groups -OCH3 is 1. The summed E-state index contributed by atoms with van der Waals surface area (Å²) in [5.74, 6) is -0.914. The van der Waals surface area contributed by atoms with E-state index in [0.717, 1.165) is 45.1 Å². The fraction of sp³-hybridized carbons (Fsp3) is 0.269. The largest absolute Gasteiger partial charge is 0.383 e. The first kappa shape index (κ1) is 24.7. The molecule has 0 unspecified atom stereocenters. The number of carbonyl (C=O) groups is 3. The second-order valence-corrected chi connectivity index (χ2v) is 9.11. The number of thioether (sulfide) groups is 1. The second-order valence-electron chi connectivity index (χ2n) is 8.12. The number of halogens is 1. The topological polar surface area (TPSA) is 80.6 Å². The minimum absolute atomic E-state index is 0.0751. The smallest absolute Gasteiger partial charge is 0.293 e. The van der Waals surface area contributed by atoms with Crippen molar-refractivity contribution in [2.75, 3.05) is 20.3 Å². The maximum absolute atomic E-state index is 13.2. The van der Waals surface area contributed by atoms with Crippen molar-refractivity contribution in [3.8, 4) is 0 Å². The van der Waals surface area contributed by atoms with E-state index in [2.05, 4.69) is 5.32 Å². The molecule has 1 saturated heterocycles. The molecule has 0 aliphatic carbocycles.